The molecule has 29 heavy (non-hydrogen) atoms. The molecule has 0 fully saturated rings. The first-order valence-corrected chi connectivity index (χ1v) is 9.39. The molecule has 0 unspecified atom stereocenters. The number of anilines is 4. The minimum Gasteiger partial charge on any atom is -0.385 e. The molecule has 146 valence electrons. The van der Waals surface area contributed by atoms with Crippen LogP contribution in [0.2, 0.25) is 0 Å². The summed E-state index contributed by atoms with van der Waals surface area (Å²) in [5, 5.41) is 18.5. The molecule has 0 radical (unpaired) electrons. The van der Waals surface area contributed by atoms with Crippen LogP contribution in [0, 0.1) is 0 Å². The van der Waals surface area contributed by atoms with E-state index in [-0.39, 0.29) is 11.9 Å². The monoisotopic (exact) mass is 388 g/mol. The van der Waals surface area contributed by atoms with Crippen molar-refractivity contribution in [1.29, 1.82) is 0 Å². The zero-order valence-electron chi connectivity index (χ0n) is 16.0. The lowest BCUT2D eigenvalue weighted by Gasteiger charge is -2.18. The lowest BCUT2D eigenvalue weighted by Crippen LogP contribution is -2.38. The molecule has 3 aromatic heterocycles. The van der Waals surface area contributed by atoms with Crippen molar-refractivity contribution in [3.05, 3.63) is 48.4 Å². The maximum Gasteiger partial charge on any atom is 0.271 e. The molecular formula is C20H20N8O. The van der Waals surface area contributed by atoms with Crippen molar-refractivity contribution in [3.63, 3.8) is 0 Å². The van der Waals surface area contributed by atoms with E-state index in [2.05, 4.69) is 36.3 Å². The van der Waals surface area contributed by atoms with Gasteiger partial charge in [-0.3, -0.25) is 9.78 Å². The van der Waals surface area contributed by atoms with Gasteiger partial charge in [0.05, 0.1) is 17.4 Å². The van der Waals surface area contributed by atoms with Gasteiger partial charge in [-0.05, 0) is 31.2 Å². The van der Waals surface area contributed by atoms with Gasteiger partial charge in [-0.1, -0.05) is 0 Å². The van der Waals surface area contributed by atoms with E-state index in [1.165, 1.54) is 0 Å². The Balaban J connectivity index is 1.72. The Morgan fingerprint density at radius 3 is 2.97 bits per heavy atom. The number of fused-ring (bicyclic) bond motifs is 2. The molecule has 0 spiro atoms. The van der Waals surface area contributed by atoms with E-state index in [1.54, 1.807) is 16.9 Å². The Morgan fingerprint density at radius 2 is 2.10 bits per heavy atom. The van der Waals surface area contributed by atoms with Crippen LogP contribution in [-0.2, 0) is 0 Å². The van der Waals surface area contributed by atoms with Crippen LogP contribution in [-0.4, -0.2) is 45.1 Å². The zero-order chi connectivity index (χ0) is 20.0. The largest absolute Gasteiger partial charge is 0.385 e. The molecule has 4 N–H and O–H groups in total. The second-order valence-electron chi connectivity index (χ2n) is 7.04. The zero-order valence-corrected chi connectivity index (χ0v) is 16.0. The number of hydrogen-bond acceptors (Lipinski definition) is 7. The molecule has 1 aromatic carbocycles. The number of hydrogen-bond donors (Lipinski definition) is 4. The van der Waals surface area contributed by atoms with Crippen LogP contribution in [0.15, 0.2) is 42.7 Å². The first-order valence-electron chi connectivity index (χ1n) is 9.39. The summed E-state index contributed by atoms with van der Waals surface area (Å²) in [6.07, 6.45) is 3.32. The van der Waals surface area contributed by atoms with Crippen molar-refractivity contribution < 1.29 is 4.79 Å². The molecule has 4 aromatic rings. The smallest absolute Gasteiger partial charge is 0.271 e. The van der Waals surface area contributed by atoms with Crippen LogP contribution in [0.1, 0.15) is 17.4 Å². The Labute approximate surface area is 166 Å². The Hall–Kier alpha value is -3.88. The van der Waals surface area contributed by atoms with E-state index in [0.29, 0.717) is 23.7 Å². The highest BCUT2D eigenvalue weighted by molar-refractivity contribution is 5.95. The highest BCUT2D eigenvalue weighted by Crippen LogP contribution is 2.29. The molecule has 0 saturated carbocycles. The van der Waals surface area contributed by atoms with E-state index in [1.807, 2.05) is 44.3 Å². The number of carbonyl (C=O) groups excluding carboxylic acids is 1. The second kappa shape index (κ2) is 6.62. The first kappa shape index (κ1) is 17.2. The van der Waals surface area contributed by atoms with Gasteiger partial charge in [0, 0.05) is 48.7 Å². The maximum absolute atomic E-state index is 12.8. The Kier molecular flexibility index (Phi) is 3.94. The standard InChI is InChI=1S/C20H20N8O/c1-11-9-23-15-5-6-22-14-4-3-12(7-13(14)15)26-19-16(21-2)8-18-24-10-17(20(29)25-11)28(18)27-19/h3-8,10-11,21,23H,9H2,1-2H3,(H,25,29)(H,26,27)/t11-/m1/s1. The number of carbonyl (C=O) groups is 1. The molecule has 0 aliphatic carbocycles. The highest BCUT2D eigenvalue weighted by atomic mass is 16.2. The SMILES string of the molecule is CNc1cc2ncc3n2nc1Nc1ccc2nccc(c2c1)NC[C@@H](C)NC3=O. The first-order chi connectivity index (χ1) is 14.1. The normalized spacial score (nSPS) is 16.3. The molecule has 1 amide bonds. The maximum atomic E-state index is 12.8. The van der Waals surface area contributed by atoms with Gasteiger partial charge < -0.3 is 21.3 Å². The van der Waals surface area contributed by atoms with Crippen molar-refractivity contribution in [1.82, 2.24) is 24.9 Å². The summed E-state index contributed by atoms with van der Waals surface area (Å²) in [5.74, 6) is 0.368. The average molecular weight is 388 g/mol. The van der Waals surface area contributed by atoms with Gasteiger partial charge in [-0.25, -0.2) is 9.50 Å². The van der Waals surface area contributed by atoms with Crippen molar-refractivity contribution in [2.75, 3.05) is 29.5 Å². The number of nitrogens with zero attached hydrogens (tertiary/aromatic N) is 4. The molecule has 1 aliphatic rings. The minimum absolute atomic E-state index is 0.100. The number of pyridine rings is 1. The van der Waals surface area contributed by atoms with Gasteiger partial charge in [0.15, 0.2) is 17.2 Å². The van der Waals surface area contributed by atoms with Crippen LogP contribution in [0.5, 0.6) is 0 Å². The number of benzene rings is 1. The van der Waals surface area contributed by atoms with E-state index in [0.717, 1.165) is 28.0 Å². The van der Waals surface area contributed by atoms with Gasteiger partial charge in [-0.2, -0.15) is 0 Å². The summed E-state index contributed by atoms with van der Waals surface area (Å²) < 4.78 is 1.55. The van der Waals surface area contributed by atoms with Gasteiger partial charge in [0.25, 0.3) is 5.91 Å². The van der Waals surface area contributed by atoms with Crippen LogP contribution in [0.25, 0.3) is 16.6 Å². The van der Waals surface area contributed by atoms with Crippen molar-refractivity contribution in [2.24, 2.45) is 0 Å². The predicted octanol–water partition coefficient (Wildman–Crippen LogP) is 2.61. The van der Waals surface area contributed by atoms with E-state index in [4.69, 9.17) is 0 Å². The number of nitrogens with one attached hydrogen (secondary N) is 4. The number of imidazole rings is 1. The third kappa shape index (κ3) is 2.96. The molecule has 4 heterocycles. The van der Waals surface area contributed by atoms with Crippen LogP contribution >= 0.6 is 0 Å². The summed E-state index contributed by atoms with van der Waals surface area (Å²) in [7, 11) is 1.82. The minimum atomic E-state index is -0.224. The van der Waals surface area contributed by atoms with E-state index < -0.39 is 0 Å². The average Bonchev–Trinajstić information content (AvgIpc) is 3.14. The number of rotatable bonds is 1. The molecular weight excluding hydrogens is 368 g/mol. The van der Waals surface area contributed by atoms with Crippen LogP contribution < -0.4 is 21.3 Å². The number of aromatic nitrogens is 4. The molecule has 0 saturated heterocycles. The molecule has 9 heteroatoms. The van der Waals surface area contributed by atoms with Gasteiger partial charge in [0.2, 0.25) is 0 Å². The second-order valence-corrected chi connectivity index (χ2v) is 7.04. The topological polar surface area (TPSA) is 108 Å². The summed E-state index contributed by atoms with van der Waals surface area (Å²) in [4.78, 5) is 21.6. The van der Waals surface area contributed by atoms with Crippen LogP contribution in [0.3, 0.4) is 0 Å². The summed E-state index contributed by atoms with van der Waals surface area (Å²) >= 11 is 0. The van der Waals surface area contributed by atoms with Gasteiger partial charge in [-0.15, -0.1) is 5.10 Å². The summed E-state index contributed by atoms with van der Waals surface area (Å²) in [5.41, 5.74) is 4.47. The highest BCUT2D eigenvalue weighted by Gasteiger charge is 2.18. The number of amides is 1. The third-order valence-electron chi connectivity index (χ3n) is 4.98. The lowest BCUT2D eigenvalue weighted by molar-refractivity contribution is 0.0935. The Morgan fingerprint density at radius 1 is 1.21 bits per heavy atom. The summed E-state index contributed by atoms with van der Waals surface area (Å²) in [6.45, 7) is 2.52. The van der Waals surface area contributed by atoms with Crippen molar-refractivity contribution >= 4 is 45.3 Å². The predicted molar refractivity (Wildman–Crippen MR) is 113 cm³/mol. The van der Waals surface area contributed by atoms with E-state index >= 15 is 0 Å². The fourth-order valence-corrected chi connectivity index (χ4v) is 3.48. The van der Waals surface area contributed by atoms with Crippen molar-refractivity contribution in [2.45, 2.75) is 13.0 Å². The molecule has 5 rings (SSSR count). The van der Waals surface area contributed by atoms with Gasteiger partial charge in [0.1, 0.15) is 0 Å². The summed E-state index contributed by atoms with van der Waals surface area (Å²) in [6, 6.07) is 9.67. The fraction of sp³-hybridized carbons (Fsp3) is 0.200. The van der Waals surface area contributed by atoms with Gasteiger partial charge >= 0.3 is 0 Å². The van der Waals surface area contributed by atoms with Crippen LogP contribution in [0.4, 0.5) is 22.9 Å². The molecule has 1 atom stereocenters. The quantitative estimate of drug-likeness (QED) is 0.397. The lowest BCUT2D eigenvalue weighted by atomic mass is 10.1. The molecule has 9 nitrogen and oxygen atoms in total. The van der Waals surface area contributed by atoms with E-state index in [9.17, 15) is 4.79 Å². The molecule has 1 aliphatic heterocycles. The third-order valence-corrected chi connectivity index (χ3v) is 4.98. The molecule has 4 bridgehead atoms. The van der Waals surface area contributed by atoms with Crippen molar-refractivity contribution in [3.8, 4) is 0 Å². The Bertz CT molecular complexity index is 1250. The fourth-order valence-electron chi connectivity index (χ4n) is 3.48.